The molecule has 1 fully saturated rings. The highest BCUT2D eigenvalue weighted by molar-refractivity contribution is 5.85. The first-order valence-electron chi connectivity index (χ1n) is 7.39. The van der Waals surface area contributed by atoms with E-state index < -0.39 is 6.09 Å². The molecule has 1 aromatic heterocycles. The molecule has 3 rings (SSSR count). The number of hydrogen-bond acceptors (Lipinski definition) is 5. The van der Waals surface area contributed by atoms with Crippen molar-refractivity contribution in [3.63, 3.8) is 0 Å². The maximum absolute atomic E-state index is 11.1. The molecule has 7 heteroatoms. The SMILES string of the molecule is COCCn1c(C2CCCN2)nc2c(OC(N)=O)cccc21. The molecule has 22 heavy (non-hydrogen) atoms. The molecule has 1 saturated heterocycles. The topological polar surface area (TPSA) is 91.4 Å². The van der Waals surface area contributed by atoms with Gasteiger partial charge in [0.05, 0.1) is 18.2 Å². The minimum atomic E-state index is -0.834. The number of fused-ring (bicyclic) bond motifs is 1. The molecular weight excluding hydrogens is 284 g/mol. The Labute approximate surface area is 128 Å². The molecular formula is C15H20N4O3. The average molecular weight is 304 g/mol. The second kappa shape index (κ2) is 6.33. The van der Waals surface area contributed by atoms with Gasteiger partial charge in [-0.25, -0.2) is 9.78 Å². The normalized spacial score (nSPS) is 18.0. The molecule has 2 aromatic rings. The van der Waals surface area contributed by atoms with Gasteiger partial charge in [0.15, 0.2) is 5.75 Å². The number of rotatable bonds is 5. The summed E-state index contributed by atoms with van der Waals surface area (Å²) < 4.78 is 12.4. The summed E-state index contributed by atoms with van der Waals surface area (Å²) in [5, 5.41) is 3.45. The number of methoxy groups -OCH3 is 1. The van der Waals surface area contributed by atoms with Crippen LogP contribution in [0.25, 0.3) is 11.0 Å². The number of primary amides is 1. The maximum Gasteiger partial charge on any atom is 0.410 e. The van der Waals surface area contributed by atoms with Crippen LogP contribution in [0.5, 0.6) is 5.75 Å². The van der Waals surface area contributed by atoms with Crippen molar-refractivity contribution in [1.29, 1.82) is 0 Å². The number of nitrogens with one attached hydrogen (secondary N) is 1. The Kier molecular flexibility index (Phi) is 4.26. The smallest absolute Gasteiger partial charge is 0.408 e. The van der Waals surface area contributed by atoms with E-state index in [1.165, 1.54) is 0 Å². The summed E-state index contributed by atoms with van der Waals surface area (Å²) in [6, 6.07) is 5.71. The van der Waals surface area contributed by atoms with Crippen molar-refractivity contribution < 1.29 is 14.3 Å². The Morgan fingerprint density at radius 1 is 1.55 bits per heavy atom. The van der Waals surface area contributed by atoms with Crippen LogP contribution in [0.3, 0.4) is 0 Å². The lowest BCUT2D eigenvalue weighted by Crippen LogP contribution is -2.19. The number of hydrogen-bond donors (Lipinski definition) is 2. The average Bonchev–Trinajstić information content (AvgIpc) is 3.12. The molecule has 3 N–H and O–H groups in total. The van der Waals surface area contributed by atoms with Gasteiger partial charge in [0, 0.05) is 13.7 Å². The van der Waals surface area contributed by atoms with Gasteiger partial charge in [-0.05, 0) is 31.5 Å². The molecule has 7 nitrogen and oxygen atoms in total. The number of nitrogens with zero attached hydrogens (tertiary/aromatic N) is 2. The summed E-state index contributed by atoms with van der Waals surface area (Å²) in [5.41, 5.74) is 6.70. The third kappa shape index (κ3) is 2.77. The highest BCUT2D eigenvalue weighted by atomic mass is 16.5. The van der Waals surface area contributed by atoms with Crippen LogP contribution >= 0.6 is 0 Å². The van der Waals surface area contributed by atoms with Gasteiger partial charge in [-0.15, -0.1) is 0 Å². The van der Waals surface area contributed by atoms with Crippen molar-refractivity contribution >= 4 is 17.1 Å². The van der Waals surface area contributed by atoms with Crippen molar-refractivity contribution in [1.82, 2.24) is 14.9 Å². The molecule has 1 aliphatic heterocycles. The van der Waals surface area contributed by atoms with Crippen LogP contribution in [0, 0.1) is 0 Å². The molecule has 0 spiro atoms. The Hall–Kier alpha value is -2.12. The van der Waals surface area contributed by atoms with Crippen molar-refractivity contribution in [3.8, 4) is 5.75 Å². The van der Waals surface area contributed by atoms with Crippen LogP contribution in [0.2, 0.25) is 0 Å². The standard InChI is InChI=1S/C15H20N4O3/c1-21-9-8-19-11-5-2-6-12(22-15(16)20)13(11)18-14(19)10-4-3-7-17-10/h2,5-6,10,17H,3-4,7-9H2,1H3,(H2,16,20). The van der Waals surface area contributed by atoms with Crippen LogP contribution in [0.4, 0.5) is 4.79 Å². The van der Waals surface area contributed by atoms with Gasteiger partial charge < -0.3 is 25.1 Å². The van der Waals surface area contributed by atoms with Gasteiger partial charge >= 0.3 is 6.09 Å². The van der Waals surface area contributed by atoms with E-state index in [2.05, 4.69) is 9.88 Å². The predicted molar refractivity (Wildman–Crippen MR) is 81.8 cm³/mol. The first kappa shape index (κ1) is 14.8. The van der Waals surface area contributed by atoms with E-state index in [4.69, 9.17) is 20.2 Å². The molecule has 1 aromatic carbocycles. The summed E-state index contributed by atoms with van der Waals surface area (Å²) in [7, 11) is 1.67. The van der Waals surface area contributed by atoms with E-state index in [-0.39, 0.29) is 6.04 Å². The lowest BCUT2D eigenvalue weighted by molar-refractivity contribution is 0.187. The highest BCUT2D eigenvalue weighted by Gasteiger charge is 2.24. The maximum atomic E-state index is 11.1. The molecule has 0 saturated carbocycles. The fourth-order valence-electron chi connectivity index (χ4n) is 2.92. The quantitative estimate of drug-likeness (QED) is 0.874. The summed E-state index contributed by atoms with van der Waals surface area (Å²) in [4.78, 5) is 15.8. The van der Waals surface area contributed by atoms with Gasteiger partial charge in [0.25, 0.3) is 0 Å². The van der Waals surface area contributed by atoms with E-state index in [1.54, 1.807) is 13.2 Å². The minimum Gasteiger partial charge on any atom is -0.408 e. The zero-order valence-electron chi connectivity index (χ0n) is 12.5. The third-order valence-electron chi connectivity index (χ3n) is 3.87. The Balaban J connectivity index is 2.09. The Bertz CT molecular complexity index is 677. The number of aromatic nitrogens is 2. The second-order valence-electron chi connectivity index (χ2n) is 5.31. The number of carbonyl (C=O) groups excluding carboxylic acids is 1. The predicted octanol–water partition coefficient (Wildman–Crippen LogP) is 1.56. The Morgan fingerprint density at radius 2 is 2.41 bits per heavy atom. The lowest BCUT2D eigenvalue weighted by atomic mass is 10.2. The lowest BCUT2D eigenvalue weighted by Gasteiger charge is -2.13. The van der Waals surface area contributed by atoms with Crippen molar-refractivity contribution in [2.45, 2.75) is 25.4 Å². The number of ether oxygens (including phenoxy) is 2. The number of para-hydroxylation sites is 1. The van der Waals surface area contributed by atoms with Crippen molar-refractivity contribution in [3.05, 3.63) is 24.0 Å². The van der Waals surface area contributed by atoms with E-state index in [0.29, 0.717) is 24.4 Å². The van der Waals surface area contributed by atoms with E-state index in [0.717, 1.165) is 30.7 Å². The monoisotopic (exact) mass is 304 g/mol. The zero-order chi connectivity index (χ0) is 15.5. The molecule has 1 atom stereocenters. The number of imidazole rings is 1. The summed E-state index contributed by atoms with van der Waals surface area (Å²) in [5.74, 6) is 1.34. The first-order valence-corrected chi connectivity index (χ1v) is 7.39. The van der Waals surface area contributed by atoms with E-state index in [1.807, 2.05) is 12.1 Å². The molecule has 2 heterocycles. The number of benzene rings is 1. The van der Waals surface area contributed by atoms with Gasteiger partial charge in [-0.2, -0.15) is 0 Å². The van der Waals surface area contributed by atoms with Crippen molar-refractivity contribution in [2.75, 3.05) is 20.3 Å². The van der Waals surface area contributed by atoms with Crippen LogP contribution in [0.15, 0.2) is 18.2 Å². The van der Waals surface area contributed by atoms with Gasteiger partial charge in [-0.1, -0.05) is 6.07 Å². The van der Waals surface area contributed by atoms with Crippen LogP contribution in [0.1, 0.15) is 24.7 Å². The fourth-order valence-corrected chi connectivity index (χ4v) is 2.92. The van der Waals surface area contributed by atoms with E-state index >= 15 is 0 Å². The third-order valence-corrected chi connectivity index (χ3v) is 3.87. The highest BCUT2D eigenvalue weighted by Crippen LogP contribution is 2.31. The first-order chi connectivity index (χ1) is 10.7. The molecule has 1 unspecified atom stereocenters. The molecule has 118 valence electrons. The Morgan fingerprint density at radius 3 is 3.09 bits per heavy atom. The molecule has 0 aliphatic carbocycles. The fraction of sp³-hybridized carbons (Fsp3) is 0.467. The van der Waals surface area contributed by atoms with Crippen LogP contribution in [-0.2, 0) is 11.3 Å². The largest absolute Gasteiger partial charge is 0.410 e. The van der Waals surface area contributed by atoms with Crippen molar-refractivity contribution in [2.24, 2.45) is 5.73 Å². The molecule has 0 radical (unpaired) electrons. The second-order valence-corrected chi connectivity index (χ2v) is 5.31. The summed E-state index contributed by atoms with van der Waals surface area (Å²) >= 11 is 0. The molecule has 1 amide bonds. The molecule has 1 aliphatic rings. The number of carbonyl (C=O) groups is 1. The zero-order valence-corrected chi connectivity index (χ0v) is 12.5. The minimum absolute atomic E-state index is 0.214. The van der Waals surface area contributed by atoms with Crippen LogP contribution in [-0.4, -0.2) is 35.9 Å². The van der Waals surface area contributed by atoms with Crippen LogP contribution < -0.4 is 15.8 Å². The van der Waals surface area contributed by atoms with Gasteiger partial charge in [0.2, 0.25) is 0 Å². The van der Waals surface area contributed by atoms with Gasteiger partial charge in [-0.3, -0.25) is 0 Å². The summed E-state index contributed by atoms with van der Waals surface area (Å²) in [6.45, 7) is 2.27. The van der Waals surface area contributed by atoms with Gasteiger partial charge in [0.1, 0.15) is 11.3 Å². The summed E-state index contributed by atoms with van der Waals surface area (Å²) in [6.07, 6.45) is 1.34. The van der Waals surface area contributed by atoms with E-state index in [9.17, 15) is 4.79 Å². The number of nitrogens with two attached hydrogens (primary N) is 1. The number of amides is 1. The molecule has 0 bridgehead atoms.